The molecular weight excluding hydrogens is 354 g/mol. The van der Waals surface area contributed by atoms with Crippen LogP contribution in [0.1, 0.15) is 24.0 Å². The molecule has 2 amide bonds. The summed E-state index contributed by atoms with van der Waals surface area (Å²) >= 11 is 0. The standard InChI is InChI=1S/C22H27N3O3/c1-16-4-2-6-20(12-16)28-15-21(26)24-19-9-7-17(8-10-19)13-25-11-3-5-18(14-25)22(23)27/h2,4,6-10,12,18H,3,5,11,13-15H2,1H3,(H2,23,27)(H,24,26)/t18-/m0/s1. The third-order valence-corrected chi connectivity index (χ3v) is 4.91. The van der Waals surface area contributed by atoms with Gasteiger partial charge in [-0.05, 0) is 61.7 Å². The SMILES string of the molecule is Cc1cccc(OCC(=O)Nc2ccc(CN3CCC[C@H](C(N)=O)C3)cc2)c1. The number of nitrogens with one attached hydrogen (secondary N) is 1. The van der Waals surface area contributed by atoms with Crippen LogP contribution in [-0.2, 0) is 16.1 Å². The van der Waals surface area contributed by atoms with Crippen LogP contribution in [0, 0.1) is 12.8 Å². The quantitative estimate of drug-likeness (QED) is 0.772. The van der Waals surface area contributed by atoms with Gasteiger partial charge in [0.25, 0.3) is 5.91 Å². The molecule has 3 rings (SSSR count). The predicted octanol–water partition coefficient (Wildman–Crippen LogP) is 2.71. The summed E-state index contributed by atoms with van der Waals surface area (Å²) < 4.78 is 5.52. The molecule has 28 heavy (non-hydrogen) atoms. The van der Waals surface area contributed by atoms with Crippen molar-refractivity contribution in [3.63, 3.8) is 0 Å². The Bertz CT molecular complexity index is 820. The number of primary amides is 1. The summed E-state index contributed by atoms with van der Waals surface area (Å²) in [5.74, 6) is 0.215. The number of benzene rings is 2. The highest BCUT2D eigenvalue weighted by Gasteiger charge is 2.23. The van der Waals surface area contributed by atoms with Crippen molar-refractivity contribution in [1.29, 1.82) is 0 Å². The lowest BCUT2D eigenvalue weighted by molar-refractivity contribution is -0.123. The number of aryl methyl sites for hydroxylation is 1. The number of piperidine rings is 1. The van der Waals surface area contributed by atoms with E-state index < -0.39 is 0 Å². The zero-order valence-electron chi connectivity index (χ0n) is 16.2. The van der Waals surface area contributed by atoms with E-state index in [0.29, 0.717) is 12.3 Å². The van der Waals surface area contributed by atoms with Crippen molar-refractivity contribution in [3.05, 3.63) is 59.7 Å². The minimum absolute atomic E-state index is 0.0342. The monoisotopic (exact) mass is 381 g/mol. The van der Waals surface area contributed by atoms with Gasteiger partial charge in [-0.15, -0.1) is 0 Å². The normalized spacial score (nSPS) is 17.1. The van der Waals surface area contributed by atoms with E-state index in [1.165, 1.54) is 0 Å². The Hall–Kier alpha value is -2.86. The second-order valence-electron chi connectivity index (χ2n) is 7.33. The van der Waals surface area contributed by atoms with Gasteiger partial charge in [-0.3, -0.25) is 14.5 Å². The van der Waals surface area contributed by atoms with E-state index in [4.69, 9.17) is 10.5 Å². The van der Waals surface area contributed by atoms with Crippen molar-refractivity contribution in [1.82, 2.24) is 4.90 Å². The zero-order valence-corrected chi connectivity index (χ0v) is 16.2. The average Bonchev–Trinajstić information content (AvgIpc) is 2.68. The lowest BCUT2D eigenvalue weighted by Gasteiger charge is -2.31. The van der Waals surface area contributed by atoms with Crippen molar-refractivity contribution >= 4 is 17.5 Å². The summed E-state index contributed by atoms with van der Waals surface area (Å²) in [6, 6.07) is 15.4. The Morgan fingerprint density at radius 1 is 1.21 bits per heavy atom. The Kier molecular flexibility index (Phi) is 6.66. The molecule has 1 aliphatic rings. The predicted molar refractivity (Wildman–Crippen MR) is 109 cm³/mol. The number of amides is 2. The first-order valence-corrected chi connectivity index (χ1v) is 9.59. The number of carbonyl (C=O) groups excluding carboxylic acids is 2. The molecule has 2 aromatic rings. The summed E-state index contributed by atoms with van der Waals surface area (Å²) in [6.07, 6.45) is 1.87. The van der Waals surface area contributed by atoms with E-state index in [1.807, 2.05) is 55.5 Å². The topological polar surface area (TPSA) is 84.7 Å². The minimum atomic E-state index is -0.212. The summed E-state index contributed by atoms with van der Waals surface area (Å²) in [4.78, 5) is 25.7. The molecule has 3 N–H and O–H groups in total. The molecule has 1 saturated heterocycles. The first kappa shape index (κ1) is 19.9. The van der Waals surface area contributed by atoms with Crippen LogP contribution in [0.25, 0.3) is 0 Å². The van der Waals surface area contributed by atoms with Crippen molar-refractivity contribution < 1.29 is 14.3 Å². The van der Waals surface area contributed by atoms with Crippen LogP contribution in [-0.4, -0.2) is 36.4 Å². The number of nitrogens with zero attached hydrogens (tertiary/aromatic N) is 1. The van der Waals surface area contributed by atoms with E-state index in [0.717, 1.165) is 42.7 Å². The van der Waals surface area contributed by atoms with Crippen molar-refractivity contribution in [2.24, 2.45) is 11.7 Å². The van der Waals surface area contributed by atoms with Gasteiger partial charge in [-0.2, -0.15) is 0 Å². The van der Waals surface area contributed by atoms with Crippen LogP contribution >= 0.6 is 0 Å². The third kappa shape index (κ3) is 5.82. The molecule has 0 aromatic heterocycles. The van der Waals surface area contributed by atoms with Gasteiger partial charge >= 0.3 is 0 Å². The second kappa shape index (κ2) is 9.37. The lowest BCUT2D eigenvalue weighted by atomic mass is 9.97. The van der Waals surface area contributed by atoms with Gasteiger partial charge in [0.05, 0.1) is 5.92 Å². The molecule has 148 valence electrons. The van der Waals surface area contributed by atoms with E-state index >= 15 is 0 Å². The van der Waals surface area contributed by atoms with Crippen molar-refractivity contribution in [3.8, 4) is 5.75 Å². The molecule has 0 unspecified atom stereocenters. The molecule has 2 aromatic carbocycles. The van der Waals surface area contributed by atoms with Gasteiger partial charge in [0.1, 0.15) is 5.75 Å². The minimum Gasteiger partial charge on any atom is -0.484 e. The summed E-state index contributed by atoms with van der Waals surface area (Å²) in [5, 5.41) is 2.84. The summed E-state index contributed by atoms with van der Waals surface area (Å²) in [5.41, 5.74) is 8.40. The number of rotatable bonds is 7. The Balaban J connectivity index is 1.47. The fourth-order valence-electron chi connectivity index (χ4n) is 3.43. The van der Waals surface area contributed by atoms with Crippen molar-refractivity contribution in [2.75, 3.05) is 25.0 Å². The molecule has 0 saturated carbocycles. The fraction of sp³-hybridized carbons (Fsp3) is 0.364. The van der Waals surface area contributed by atoms with E-state index in [9.17, 15) is 9.59 Å². The van der Waals surface area contributed by atoms with Gasteiger partial charge in [-0.1, -0.05) is 24.3 Å². The number of hydrogen-bond donors (Lipinski definition) is 2. The van der Waals surface area contributed by atoms with Gasteiger partial charge in [-0.25, -0.2) is 0 Å². The molecule has 0 radical (unpaired) electrons. The molecule has 6 nitrogen and oxygen atoms in total. The summed E-state index contributed by atoms with van der Waals surface area (Å²) in [6.45, 7) is 4.40. The van der Waals surface area contributed by atoms with Crippen LogP contribution in [0.2, 0.25) is 0 Å². The molecule has 1 fully saturated rings. The van der Waals surface area contributed by atoms with Crippen LogP contribution in [0.3, 0.4) is 0 Å². The number of ether oxygens (including phenoxy) is 1. The lowest BCUT2D eigenvalue weighted by Crippen LogP contribution is -2.40. The van der Waals surface area contributed by atoms with Crippen LogP contribution in [0.4, 0.5) is 5.69 Å². The molecule has 0 bridgehead atoms. The maximum Gasteiger partial charge on any atom is 0.262 e. The molecule has 1 heterocycles. The molecule has 1 aliphatic heterocycles. The van der Waals surface area contributed by atoms with Gasteiger partial charge in [0, 0.05) is 18.8 Å². The van der Waals surface area contributed by atoms with E-state index in [1.54, 1.807) is 0 Å². The van der Waals surface area contributed by atoms with Gasteiger partial charge in [0.2, 0.25) is 5.91 Å². The first-order chi connectivity index (χ1) is 13.5. The molecule has 1 atom stereocenters. The van der Waals surface area contributed by atoms with Crippen molar-refractivity contribution in [2.45, 2.75) is 26.3 Å². The van der Waals surface area contributed by atoms with E-state index in [2.05, 4.69) is 10.2 Å². The zero-order chi connectivity index (χ0) is 19.9. The third-order valence-electron chi connectivity index (χ3n) is 4.91. The largest absolute Gasteiger partial charge is 0.484 e. The van der Waals surface area contributed by atoms with Crippen LogP contribution in [0.5, 0.6) is 5.75 Å². The fourth-order valence-corrected chi connectivity index (χ4v) is 3.43. The maximum atomic E-state index is 12.1. The molecule has 0 aliphatic carbocycles. The van der Waals surface area contributed by atoms with Crippen LogP contribution < -0.4 is 15.8 Å². The Labute approximate surface area is 165 Å². The highest BCUT2D eigenvalue weighted by Crippen LogP contribution is 2.19. The number of anilines is 1. The molecular formula is C22H27N3O3. The first-order valence-electron chi connectivity index (χ1n) is 9.59. The van der Waals surface area contributed by atoms with Crippen LogP contribution in [0.15, 0.2) is 48.5 Å². The van der Waals surface area contributed by atoms with Gasteiger partial charge in [0.15, 0.2) is 6.61 Å². The summed E-state index contributed by atoms with van der Waals surface area (Å²) in [7, 11) is 0. The number of hydrogen-bond acceptors (Lipinski definition) is 4. The average molecular weight is 381 g/mol. The second-order valence-corrected chi connectivity index (χ2v) is 7.33. The van der Waals surface area contributed by atoms with E-state index in [-0.39, 0.29) is 24.3 Å². The van der Waals surface area contributed by atoms with Gasteiger partial charge < -0.3 is 15.8 Å². The highest BCUT2D eigenvalue weighted by molar-refractivity contribution is 5.91. The highest BCUT2D eigenvalue weighted by atomic mass is 16.5. The number of likely N-dealkylation sites (tertiary alicyclic amines) is 1. The maximum absolute atomic E-state index is 12.1. The Morgan fingerprint density at radius 2 is 2.00 bits per heavy atom. The molecule has 6 heteroatoms. The number of nitrogens with two attached hydrogens (primary N) is 1. The number of carbonyl (C=O) groups is 2. The smallest absolute Gasteiger partial charge is 0.262 e. The molecule has 0 spiro atoms. The Morgan fingerprint density at radius 3 is 2.71 bits per heavy atom.